The maximum atomic E-state index is 11.8. The predicted octanol–water partition coefficient (Wildman–Crippen LogP) is 1.61. The van der Waals surface area contributed by atoms with E-state index in [2.05, 4.69) is 22.1 Å². The van der Waals surface area contributed by atoms with E-state index < -0.39 is 0 Å². The van der Waals surface area contributed by atoms with Crippen molar-refractivity contribution in [1.29, 1.82) is 0 Å². The number of pyridine rings is 1. The molecule has 4 rings (SSSR count). The van der Waals surface area contributed by atoms with Crippen LogP contribution in [0.3, 0.4) is 0 Å². The van der Waals surface area contributed by atoms with Gasteiger partial charge in [-0.05, 0) is 29.4 Å². The van der Waals surface area contributed by atoms with Crippen LogP contribution >= 0.6 is 0 Å². The highest BCUT2D eigenvalue weighted by atomic mass is 16.3. The van der Waals surface area contributed by atoms with E-state index in [-0.39, 0.29) is 11.4 Å². The molecule has 2 aromatic heterocycles. The molecule has 0 radical (unpaired) electrons. The zero-order chi connectivity index (χ0) is 15.1. The van der Waals surface area contributed by atoms with Crippen LogP contribution in [0, 0.1) is 0 Å². The Bertz CT molecular complexity index is 1080. The Morgan fingerprint density at radius 2 is 2.09 bits per heavy atom. The summed E-state index contributed by atoms with van der Waals surface area (Å²) in [6.45, 7) is 0. The van der Waals surface area contributed by atoms with Crippen LogP contribution in [-0.4, -0.2) is 15.1 Å². The third-order valence-corrected chi connectivity index (χ3v) is 3.93. The molecule has 0 unspecified atom stereocenters. The van der Waals surface area contributed by atoms with E-state index >= 15 is 0 Å². The second kappa shape index (κ2) is 4.77. The van der Waals surface area contributed by atoms with Crippen molar-refractivity contribution in [3.8, 4) is 5.88 Å². The number of hydrogen-bond acceptors (Lipinski definition) is 2. The number of rotatable bonds is 1. The fourth-order valence-corrected chi connectivity index (χ4v) is 2.90. The Hall–Kier alpha value is -3.01. The van der Waals surface area contributed by atoms with Gasteiger partial charge in [-0.2, -0.15) is 0 Å². The van der Waals surface area contributed by atoms with Crippen LogP contribution in [0.5, 0.6) is 5.88 Å². The molecule has 0 bridgehead atoms. The Kier molecular flexibility index (Phi) is 2.76. The monoisotopic (exact) mass is 290 g/mol. The molecule has 1 aromatic carbocycles. The Labute approximate surface area is 125 Å². The van der Waals surface area contributed by atoms with Gasteiger partial charge in [0.15, 0.2) is 5.88 Å². The summed E-state index contributed by atoms with van der Waals surface area (Å²) in [6, 6.07) is 9.72. The first-order chi connectivity index (χ1) is 10.7. The quantitative estimate of drug-likeness (QED) is 0.637. The molecular formula is C18H14N2O2. The molecule has 22 heavy (non-hydrogen) atoms. The summed E-state index contributed by atoms with van der Waals surface area (Å²) in [6.07, 6.45) is 8.63. The molecule has 0 fully saturated rings. The number of aromatic nitrogens is 2. The molecule has 1 aliphatic rings. The highest BCUT2D eigenvalue weighted by Crippen LogP contribution is 2.22. The molecule has 0 saturated carbocycles. The van der Waals surface area contributed by atoms with Gasteiger partial charge in [0.05, 0.1) is 0 Å². The summed E-state index contributed by atoms with van der Waals surface area (Å²) in [5.74, 6) is -0.109. The summed E-state index contributed by atoms with van der Waals surface area (Å²) in [5.41, 5.74) is 3.07. The van der Waals surface area contributed by atoms with Gasteiger partial charge in [-0.15, -0.1) is 0 Å². The SMILES string of the molecule is O=c1[nH]c(O)cc2c1=CCC(=Cc1c[nH]c3ccccc13)C=2. The molecule has 0 atom stereocenters. The van der Waals surface area contributed by atoms with E-state index in [0.29, 0.717) is 11.6 Å². The second-order valence-corrected chi connectivity index (χ2v) is 5.41. The van der Waals surface area contributed by atoms with Crippen LogP contribution in [0.25, 0.3) is 29.1 Å². The molecular weight excluding hydrogens is 276 g/mol. The Morgan fingerprint density at radius 3 is 3.00 bits per heavy atom. The number of nitrogens with one attached hydrogen (secondary N) is 2. The molecule has 3 aromatic rings. The zero-order valence-electron chi connectivity index (χ0n) is 11.8. The normalized spacial score (nSPS) is 15.4. The minimum absolute atomic E-state index is 0.109. The van der Waals surface area contributed by atoms with Crippen LogP contribution in [0.1, 0.15) is 12.0 Å². The number of allylic oxidation sites excluding steroid dienone is 1. The molecule has 2 heterocycles. The van der Waals surface area contributed by atoms with Crippen molar-refractivity contribution in [3.05, 3.63) is 68.5 Å². The number of aromatic amines is 2. The van der Waals surface area contributed by atoms with Crippen LogP contribution in [0.2, 0.25) is 0 Å². The van der Waals surface area contributed by atoms with Gasteiger partial charge in [0.25, 0.3) is 5.56 Å². The molecule has 1 aliphatic carbocycles. The topological polar surface area (TPSA) is 68.9 Å². The van der Waals surface area contributed by atoms with Crippen LogP contribution in [0.15, 0.2) is 46.9 Å². The molecule has 4 heteroatoms. The largest absolute Gasteiger partial charge is 0.494 e. The van der Waals surface area contributed by atoms with Crippen molar-refractivity contribution in [2.24, 2.45) is 0 Å². The van der Waals surface area contributed by atoms with E-state index in [4.69, 9.17) is 0 Å². The molecule has 0 spiro atoms. The second-order valence-electron chi connectivity index (χ2n) is 5.41. The lowest BCUT2D eigenvalue weighted by molar-refractivity contribution is 0.450. The van der Waals surface area contributed by atoms with Gasteiger partial charge < -0.3 is 10.1 Å². The molecule has 0 amide bonds. The van der Waals surface area contributed by atoms with E-state index in [0.717, 1.165) is 21.9 Å². The van der Waals surface area contributed by atoms with Gasteiger partial charge in [0.2, 0.25) is 0 Å². The average molecular weight is 290 g/mol. The molecule has 0 saturated heterocycles. The van der Waals surface area contributed by atoms with E-state index in [9.17, 15) is 9.90 Å². The maximum Gasteiger partial charge on any atom is 0.258 e. The number of aromatic hydroxyl groups is 1. The Balaban J connectivity index is 1.87. The van der Waals surface area contributed by atoms with E-state index in [1.807, 2.05) is 36.5 Å². The van der Waals surface area contributed by atoms with Crippen LogP contribution in [-0.2, 0) is 0 Å². The lowest BCUT2D eigenvalue weighted by Crippen LogP contribution is -2.41. The summed E-state index contributed by atoms with van der Waals surface area (Å²) >= 11 is 0. The number of para-hydroxylation sites is 1. The highest BCUT2D eigenvalue weighted by molar-refractivity contribution is 5.90. The number of benzene rings is 1. The fourth-order valence-electron chi connectivity index (χ4n) is 2.90. The highest BCUT2D eigenvalue weighted by Gasteiger charge is 2.05. The third kappa shape index (κ3) is 2.05. The van der Waals surface area contributed by atoms with Crippen LogP contribution < -0.4 is 16.0 Å². The fraction of sp³-hybridized carbons (Fsp3) is 0.0556. The summed E-state index contributed by atoms with van der Waals surface area (Å²) in [7, 11) is 0. The van der Waals surface area contributed by atoms with Crippen molar-refractivity contribution < 1.29 is 5.11 Å². The van der Waals surface area contributed by atoms with E-state index in [1.54, 1.807) is 6.07 Å². The first kappa shape index (κ1) is 12.7. The molecule has 3 N–H and O–H groups in total. The van der Waals surface area contributed by atoms with Crippen molar-refractivity contribution in [2.45, 2.75) is 6.42 Å². The molecule has 4 nitrogen and oxygen atoms in total. The number of hydrogen-bond donors (Lipinski definition) is 3. The van der Waals surface area contributed by atoms with Gasteiger partial charge in [-0.25, -0.2) is 0 Å². The van der Waals surface area contributed by atoms with Gasteiger partial charge in [0.1, 0.15) is 0 Å². The summed E-state index contributed by atoms with van der Waals surface area (Å²) in [4.78, 5) is 17.5. The van der Waals surface area contributed by atoms with Gasteiger partial charge in [-0.3, -0.25) is 9.78 Å². The van der Waals surface area contributed by atoms with Crippen LogP contribution in [0.4, 0.5) is 0 Å². The van der Waals surface area contributed by atoms with Crippen molar-refractivity contribution >= 4 is 29.1 Å². The number of H-pyrrole nitrogens is 2. The molecule has 108 valence electrons. The minimum Gasteiger partial charge on any atom is -0.494 e. The smallest absolute Gasteiger partial charge is 0.258 e. The third-order valence-electron chi connectivity index (χ3n) is 3.93. The summed E-state index contributed by atoms with van der Waals surface area (Å²) < 4.78 is 0. The van der Waals surface area contributed by atoms with Gasteiger partial charge in [-0.1, -0.05) is 30.4 Å². The number of fused-ring (bicyclic) bond motifs is 2. The first-order valence-electron chi connectivity index (χ1n) is 7.11. The zero-order valence-corrected chi connectivity index (χ0v) is 11.8. The summed E-state index contributed by atoms with van der Waals surface area (Å²) in [5, 5.41) is 12.1. The molecule has 0 aliphatic heterocycles. The van der Waals surface area contributed by atoms with E-state index in [1.165, 1.54) is 5.39 Å². The lowest BCUT2D eigenvalue weighted by Gasteiger charge is -2.04. The van der Waals surface area contributed by atoms with Crippen molar-refractivity contribution in [3.63, 3.8) is 0 Å². The van der Waals surface area contributed by atoms with Crippen molar-refractivity contribution in [1.82, 2.24) is 9.97 Å². The Morgan fingerprint density at radius 1 is 1.23 bits per heavy atom. The van der Waals surface area contributed by atoms with Gasteiger partial charge >= 0.3 is 0 Å². The first-order valence-corrected chi connectivity index (χ1v) is 7.11. The predicted molar refractivity (Wildman–Crippen MR) is 87.8 cm³/mol. The standard InChI is InChI=1S/C18H14N2O2/c21-17-9-12-7-11(5-6-15(12)18(22)20-17)8-13-10-19-16-4-2-1-3-14(13)16/h1-4,6-10,19,21H,5H2,(H,20,22). The lowest BCUT2D eigenvalue weighted by atomic mass is 10.0. The minimum atomic E-state index is -0.252. The van der Waals surface area contributed by atoms with Gasteiger partial charge in [0, 0.05) is 33.9 Å². The van der Waals surface area contributed by atoms with Crippen molar-refractivity contribution in [2.75, 3.05) is 0 Å². The average Bonchev–Trinajstić information content (AvgIpc) is 2.90. The maximum absolute atomic E-state index is 11.8.